The molecule has 1 fully saturated rings. The normalized spacial score (nSPS) is 20.8. The Labute approximate surface area is 116 Å². The maximum absolute atomic E-state index is 12.5. The second kappa shape index (κ2) is 5.35. The molecule has 1 saturated heterocycles. The molecule has 0 aromatic heterocycles. The van der Waals surface area contributed by atoms with Crippen LogP contribution in [0.2, 0.25) is 0 Å². The van der Waals surface area contributed by atoms with Gasteiger partial charge in [-0.05, 0) is 19.1 Å². The number of phenolic OH excluding ortho intramolecular Hbond substituents is 1. The Kier molecular flexibility index (Phi) is 3.93. The third-order valence-corrected chi connectivity index (χ3v) is 5.20. The van der Waals surface area contributed by atoms with Crippen molar-refractivity contribution in [1.29, 1.82) is 0 Å². The van der Waals surface area contributed by atoms with Crippen LogP contribution in [0.3, 0.4) is 0 Å². The molecule has 1 aromatic rings. The highest BCUT2D eigenvalue weighted by atomic mass is 32.2. The molecule has 1 aromatic carbocycles. The Bertz CT molecular complexity index is 631. The minimum Gasteiger partial charge on any atom is -0.502 e. The molecular formula is C11H15N3O5S. The zero-order valence-corrected chi connectivity index (χ0v) is 11.6. The number of hydrogen-bond donors (Lipinski definition) is 2. The molecule has 0 aliphatic carbocycles. The summed E-state index contributed by atoms with van der Waals surface area (Å²) in [7, 11) is -3.81. The molecule has 0 amide bonds. The van der Waals surface area contributed by atoms with Crippen molar-refractivity contribution in [1.82, 2.24) is 9.62 Å². The predicted molar refractivity (Wildman–Crippen MR) is 71.0 cm³/mol. The van der Waals surface area contributed by atoms with E-state index in [-0.39, 0.29) is 10.9 Å². The number of nitrogens with zero attached hydrogens (tertiary/aromatic N) is 2. The van der Waals surface area contributed by atoms with E-state index >= 15 is 0 Å². The average Bonchev–Trinajstić information content (AvgIpc) is 2.38. The number of nitro groups is 1. The highest BCUT2D eigenvalue weighted by Crippen LogP contribution is 2.30. The van der Waals surface area contributed by atoms with E-state index in [1.165, 1.54) is 10.4 Å². The van der Waals surface area contributed by atoms with E-state index in [2.05, 4.69) is 5.32 Å². The summed E-state index contributed by atoms with van der Waals surface area (Å²) in [6.45, 7) is 3.12. The molecule has 2 N–H and O–H groups in total. The molecule has 1 heterocycles. The Morgan fingerprint density at radius 3 is 2.80 bits per heavy atom. The first-order chi connectivity index (χ1) is 9.34. The van der Waals surface area contributed by atoms with Gasteiger partial charge in [-0.3, -0.25) is 10.1 Å². The number of benzene rings is 1. The molecule has 1 aliphatic rings. The van der Waals surface area contributed by atoms with Crippen molar-refractivity contribution < 1.29 is 18.4 Å². The molecule has 20 heavy (non-hydrogen) atoms. The van der Waals surface area contributed by atoms with Crippen molar-refractivity contribution in [3.8, 4) is 5.75 Å². The van der Waals surface area contributed by atoms with Crippen LogP contribution in [-0.4, -0.2) is 48.4 Å². The number of sulfonamides is 1. The van der Waals surface area contributed by atoms with Crippen LogP contribution < -0.4 is 5.32 Å². The number of aromatic hydroxyl groups is 1. The smallest absolute Gasteiger partial charge is 0.312 e. The van der Waals surface area contributed by atoms with Crippen molar-refractivity contribution in [2.24, 2.45) is 0 Å². The Morgan fingerprint density at radius 2 is 2.20 bits per heavy atom. The monoisotopic (exact) mass is 301 g/mol. The van der Waals surface area contributed by atoms with Gasteiger partial charge in [-0.15, -0.1) is 0 Å². The Balaban J connectivity index is 2.44. The first-order valence-electron chi connectivity index (χ1n) is 6.04. The van der Waals surface area contributed by atoms with Gasteiger partial charge in [-0.1, -0.05) is 0 Å². The summed E-state index contributed by atoms with van der Waals surface area (Å²) in [5.41, 5.74) is -0.617. The van der Waals surface area contributed by atoms with E-state index < -0.39 is 26.4 Å². The molecule has 8 nitrogen and oxygen atoms in total. The van der Waals surface area contributed by atoms with E-state index in [1.807, 2.05) is 0 Å². The van der Waals surface area contributed by atoms with E-state index in [0.29, 0.717) is 19.6 Å². The Morgan fingerprint density at radius 1 is 1.50 bits per heavy atom. The van der Waals surface area contributed by atoms with Gasteiger partial charge in [-0.25, -0.2) is 8.42 Å². The highest BCUT2D eigenvalue weighted by Gasteiger charge is 2.32. The zero-order chi connectivity index (χ0) is 14.9. The van der Waals surface area contributed by atoms with Gasteiger partial charge in [0.15, 0.2) is 5.75 Å². The van der Waals surface area contributed by atoms with E-state index in [0.717, 1.165) is 12.1 Å². The van der Waals surface area contributed by atoms with Gasteiger partial charge in [0.05, 0.1) is 9.82 Å². The zero-order valence-electron chi connectivity index (χ0n) is 10.8. The molecule has 9 heteroatoms. The van der Waals surface area contributed by atoms with Crippen molar-refractivity contribution in [2.45, 2.75) is 17.9 Å². The summed E-state index contributed by atoms with van der Waals surface area (Å²) in [5, 5.41) is 23.2. The fourth-order valence-corrected chi connectivity index (χ4v) is 3.78. The molecule has 2 rings (SSSR count). The van der Waals surface area contributed by atoms with Crippen LogP contribution in [0.1, 0.15) is 6.92 Å². The minimum absolute atomic E-state index is 0.184. The summed E-state index contributed by atoms with van der Waals surface area (Å²) >= 11 is 0. The lowest BCUT2D eigenvalue weighted by atomic mass is 10.3. The first-order valence-corrected chi connectivity index (χ1v) is 7.48. The van der Waals surface area contributed by atoms with Crippen LogP contribution in [0, 0.1) is 10.1 Å². The van der Waals surface area contributed by atoms with Gasteiger partial charge in [0, 0.05) is 31.7 Å². The maximum Gasteiger partial charge on any atom is 0.312 e. The second-order valence-electron chi connectivity index (χ2n) is 4.58. The lowest BCUT2D eigenvalue weighted by molar-refractivity contribution is -0.386. The SMILES string of the molecule is CC1CNCCN1S(=O)(=O)c1ccc(O)c([N+](=O)[O-])c1. The van der Waals surface area contributed by atoms with E-state index in [1.54, 1.807) is 6.92 Å². The fraction of sp³-hybridized carbons (Fsp3) is 0.455. The Hall–Kier alpha value is -1.71. The number of nitro benzene ring substituents is 1. The quantitative estimate of drug-likeness (QED) is 0.612. The van der Waals surface area contributed by atoms with Gasteiger partial charge < -0.3 is 10.4 Å². The molecule has 0 spiro atoms. The molecule has 1 unspecified atom stereocenters. The van der Waals surface area contributed by atoms with Crippen LogP contribution in [0.4, 0.5) is 5.69 Å². The predicted octanol–water partition coefficient (Wildman–Crippen LogP) is 0.283. The van der Waals surface area contributed by atoms with Gasteiger partial charge in [0.25, 0.3) is 0 Å². The van der Waals surface area contributed by atoms with Gasteiger partial charge in [0.1, 0.15) is 0 Å². The first kappa shape index (κ1) is 14.7. The summed E-state index contributed by atoms with van der Waals surface area (Å²) in [5.74, 6) is -0.553. The number of hydrogen-bond acceptors (Lipinski definition) is 6. The van der Waals surface area contributed by atoms with Crippen LogP contribution >= 0.6 is 0 Å². The van der Waals surface area contributed by atoms with Gasteiger partial charge >= 0.3 is 5.69 Å². The minimum atomic E-state index is -3.81. The van der Waals surface area contributed by atoms with Crippen LogP contribution in [0.5, 0.6) is 5.75 Å². The highest BCUT2D eigenvalue weighted by molar-refractivity contribution is 7.89. The second-order valence-corrected chi connectivity index (χ2v) is 6.47. The van der Waals surface area contributed by atoms with Crippen LogP contribution in [-0.2, 0) is 10.0 Å². The van der Waals surface area contributed by atoms with Crippen molar-refractivity contribution >= 4 is 15.7 Å². The van der Waals surface area contributed by atoms with Crippen molar-refractivity contribution in [3.05, 3.63) is 28.3 Å². The van der Waals surface area contributed by atoms with Gasteiger partial charge in [0.2, 0.25) is 10.0 Å². The third-order valence-electron chi connectivity index (χ3n) is 3.19. The number of phenols is 1. The van der Waals surface area contributed by atoms with Crippen LogP contribution in [0.25, 0.3) is 0 Å². The van der Waals surface area contributed by atoms with E-state index in [9.17, 15) is 23.6 Å². The lowest BCUT2D eigenvalue weighted by Crippen LogP contribution is -2.52. The standard InChI is InChI=1S/C11H15N3O5S/c1-8-7-12-4-5-13(8)20(18,19)9-2-3-11(15)10(6-9)14(16)17/h2-3,6,8,12,15H,4-5,7H2,1H3. The van der Waals surface area contributed by atoms with E-state index in [4.69, 9.17) is 0 Å². The van der Waals surface area contributed by atoms with Gasteiger partial charge in [-0.2, -0.15) is 4.31 Å². The molecule has 0 bridgehead atoms. The molecule has 110 valence electrons. The largest absolute Gasteiger partial charge is 0.502 e. The number of piperazine rings is 1. The molecule has 0 saturated carbocycles. The number of rotatable bonds is 3. The summed E-state index contributed by atoms with van der Waals surface area (Å²) in [6.07, 6.45) is 0. The lowest BCUT2D eigenvalue weighted by Gasteiger charge is -2.32. The molecular weight excluding hydrogens is 286 g/mol. The van der Waals surface area contributed by atoms with Crippen molar-refractivity contribution in [2.75, 3.05) is 19.6 Å². The maximum atomic E-state index is 12.5. The van der Waals surface area contributed by atoms with Crippen LogP contribution in [0.15, 0.2) is 23.1 Å². The average molecular weight is 301 g/mol. The number of nitrogens with one attached hydrogen (secondary N) is 1. The summed E-state index contributed by atoms with van der Waals surface area (Å²) in [4.78, 5) is 9.77. The summed E-state index contributed by atoms with van der Waals surface area (Å²) in [6, 6.07) is 2.85. The molecule has 1 aliphatic heterocycles. The molecule has 1 atom stereocenters. The fourth-order valence-electron chi connectivity index (χ4n) is 2.12. The topological polar surface area (TPSA) is 113 Å². The molecule has 0 radical (unpaired) electrons. The van der Waals surface area contributed by atoms with Crippen molar-refractivity contribution in [3.63, 3.8) is 0 Å². The third kappa shape index (κ3) is 2.60. The summed E-state index contributed by atoms with van der Waals surface area (Å²) < 4.78 is 26.3.